The third kappa shape index (κ3) is 2.54. The number of hydrogen-bond donors (Lipinski definition) is 2. The Morgan fingerprint density at radius 2 is 2.00 bits per heavy atom. The topological polar surface area (TPSA) is 63.8 Å². The first kappa shape index (κ1) is 12.4. The molecule has 1 aromatic carbocycles. The third-order valence-corrected chi connectivity index (χ3v) is 3.21. The Labute approximate surface area is 117 Å². The molecule has 1 atom stereocenters. The van der Waals surface area contributed by atoms with Crippen molar-refractivity contribution < 1.29 is 0 Å². The highest BCUT2D eigenvalue weighted by atomic mass is 15.0. The molecule has 3 rings (SSSR count). The van der Waals surface area contributed by atoms with Gasteiger partial charge in [0.25, 0.3) is 0 Å². The predicted molar refractivity (Wildman–Crippen MR) is 82.4 cm³/mol. The fourth-order valence-corrected chi connectivity index (χ4v) is 2.15. The Kier molecular flexibility index (Phi) is 3.21. The van der Waals surface area contributed by atoms with E-state index in [-0.39, 0.29) is 6.04 Å². The monoisotopic (exact) mass is 264 g/mol. The van der Waals surface area contributed by atoms with Crippen LogP contribution in [-0.2, 0) is 0 Å². The molecule has 100 valence electrons. The van der Waals surface area contributed by atoms with Gasteiger partial charge < -0.3 is 11.1 Å². The number of nitrogen functional groups attached to an aromatic ring is 1. The van der Waals surface area contributed by atoms with E-state index in [2.05, 4.69) is 22.2 Å². The molecule has 0 aliphatic carbocycles. The summed E-state index contributed by atoms with van der Waals surface area (Å²) in [6.07, 6.45) is 1.80. The SMILES string of the molecule is CC(Nc1ccc2cc(N)ccc2n1)c1ccccn1. The molecule has 3 aromatic rings. The first-order valence-electron chi connectivity index (χ1n) is 6.56. The molecule has 3 N–H and O–H groups in total. The highest BCUT2D eigenvalue weighted by Crippen LogP contribution is 2.20. The van der Waals surface area contributed by atoms with Gasteiger partial charge in [-0.1, -0.05) is 6.07 Å². The fourth-order valence-electron chi connectivity index (χ4n) is 2.15. The van der Waals surface area contributed by atoms with Crippen molar-refractivity contribution in [3.05, 3.63) is 60.4 Å². The number of hydrogen-bond acceptors (Lipinski definition) is 4. The van der Waals surface area contributed by atoms with Gasteiger partial charge in [-0.2, -0.15) is 0 Å². The van der Waals surface area contributed by atoms with Gasteiger partial charge in [-0.25, -0.2) is 4.98 Å². The molecule has 0 saturated carbocycles. The standard InChI is InChI=1S/C16H16N4/c1-11(14-4-2-3-9-18-14)19-16-8-5-12-10-13(17)6-7-15(12)20-16/h2-11H,17H2,1H3,(H,19,20). The van der Waals surface area contributed by atoms with E-state index < -0.39 is 0 Å². The Bertz CT molecular complexity index is 725. The van der Waals surface area contributed by atoms with Crippen LogP contribution in [0.1, 0.15) is 18.7 Å². The van der Waals surface area contributed by atoms with Crippen LogP contribution in [0.2, 0.25) is 0 Å². The second-order valence-electron chi connectivity index (χ2n) is 4.77. The fraction of sp³-hybridized carbons (Fsp3) is 0.125. The summed E-state index contributed by atoms with van der Waals surface area (Å²) in [7, 11) is 0. The first-order chi connectivity index (χ1) is 9.72. The van der Waals surface area contributed by atoms with Crippen LogP contribution < -0.4 is 11.1 Å². The average molecular weight is 264 g/mol. The largest absolute Gasteiger partial charge is 0.399 e. The van der Waals surface area contributed by atoms with Crippen molar-refractivity contribution in [1.29, 1.82) is 0 Å². The Balaban J connectivity index is 1.86. The number of nitrogens with one attached hydrogen (secondary N) is 1. The minimum atomic E-state index is 0.106. The summed E-state index contributed by atoms with van der Waals surface area (Å²) in [5, 5.41) is 4.40. The molecular formula is C16H16N4. The van der Waals surface area contributed by atoms with Crippen molar-refractivity contribution in [2.24, 2.45) is 0 Å². The van der Waals surface area contributed by atoms with Gasteiger partial charge in [0.15, 0.2) is 0 Å². The van der Waals surface area contributed by atoms with E-state index in [1.165, 1.54) is 0 Å². The molecule has 4 nitrogen and oxygen atoms in total. The van der Waals surface area contributed by atoms with Crippen molar-refractivity contribution in [2.45, 2.75) is 13.0 Å². The maximum atomic E-state index is 5.77. The molecule has 0 bridgehead atoms. The molecule has 1 unspecified atom stereocenters. The molecule has 4 heteroatoms. The minimum Gasteiger partial charge on any atom is -0.399 e. The van der Waals surface area contributed by atoms with Gasteiger partial charge in [0.1, 0.15) is 5.82 Å². The average Bonchev–Trinajstić information content (AvgIpc) is 2.48. The number of anilines is 2. The van der Waals surface area contributed by atoms with E-state index in [0.29, 0.717) is 0 Å². The summed E-state index contributed by atoms with van der Waals surface area (Å²) < 4.78 is 0. The van der Waals surface area contributed by atoms with Crippen LogP contribution in [0.4, 0.5) is 11.5 Å². The van der Waals surface area contributed by atoms with Gasteiger partial charge in [-0.15, -0.1) is 0 Å². The van der Waals surface area contributed by atoms with E-state index in [0.717, 1.165) is 28.1 Å². The van der Waals surface area contributed by atoms with Crippen LogP contribution in [-0.4, -0.2) is 9.97 Å². The third-order valence-electron chi connectivity index (χ3n) is 3.21. The summed E-state index contributed by atoms with van der Waals surface area (Å²) in [6, 6.07) is 15.7. The zero-order chi connectivity index (χ0) is 13.9. The normalized spacial score (nSPS) is 12.2. The van der Waals surface area contributed by atoms with Crippen molar-refractivity contribution in [1.82, 2.24) is 9.97 Å². The lowest BCUT2D eigenvalue weighted by Gasteiger charge is -2.14. The highest BCUT2D eigenvalue weighted by molar-refractivity contribution is 5.83. The number of rotatable bonds is 3. The molecule has 2 heterocycles. The summed E-state index contributed by atoms with van der Waals surface area (Å²) in [6.45, 7) is 2.07. The molecule has 0 aliphatic heterocycles. The van der Waals surface area contributed by atoms with Crippen LogP contribution in [0.15, 0.2) is 54.7 Å². The number of benzene rings is 1. The molecule has 0 amide bonds. The van der Waals surface area contributed by atoms with Gasteiger partial charge in [0, 0.05) is 17.3 Å². The molecule has 0 saturated heterocycles. The smallest absolute Gasteiger partial charge is 0.127 e. The lowest BCUT2D eigenvalue weighted by molar-refractivity contribution is 0.833. The predicted octanol–water partition coefficient (Wildman–Crippen LogP) is 3.39. The number of nitrogens with zero attached hydrogens (tertiary/aromatic N) is 2. The molecule has 0 spiro atoms. The summed E-state index contributed by atoms with van der Waals surface area (Å²) in [4.78, 5) is 8.93. The van der Waals surface area contributed by atoms with Crippen molar-refractivity contribution in [2.75, 3.05) is 11.1 Å². The Morgan fingerprint density at radius 3 is 2.80 bits per heavy atom. The maximum absolute atomic E-state index is 5.77. The van der Waals surface area contributed by atoms with E-state index in [4.69, 9.17) is 5.73 Å². The molecule has 20 heavy (non-hydrogen) atoms. The Morgan fingerprint density at radius 1 is 1.10 bits per heavy atom. The number of aromatic nitrogens is 2. The van der Waals surface area contributed by atoms with Gasteiger partial charge in [-0.05, 0) is 49.4 Å². The quantitative estimate of drug-likeness (QED) is 0.712. The number of pyridine rings is 2. The second kappa shape index (κ2) is 5.17. The lowest BCUT2D eigenvalue weighted by Crippen LogP contribution is -2.09. The van der Waals surface area contributed by atoms with E-state index in [1.54, 1.807) is 6.20 Å². The molecule has 0 radical (unpaired) electrons. The summed E-state index contributed by atoms with van der Waals surface area (Å²) in [5.74, 6) is 0.834. The van der Waals surface area contributed by atoms with Crippen LogP contribution in [0.3, 0.4) is 0 Å². The van der Waals surface area contributed by atoms with Gasteiger partial charge in [-0.3, -0.25) is 4.98 Å². The lowest BCUT2D eigenvalue weighted by atomic mass is 10.2. The maximum Gasteiger partial charge on any atom is 0.127 e. The highest BCUT2D eigenvalue weighted by Gasteiger charge is 2.07. The van der Waals surface area contributed by atoms with E-state index in [9.17, 15) is 0 Å². The molecular weight excluding hydrogens is 248 g/mol. The van der Waals surface area contributed by atoms with Crippen molar-refractivity contribution in [3.63, 3.8) is 0 Å². The van der Waals surface area contributed by atoms with Crippen LogP contribution >= 0.6 is 0 Å². The zero-order valence-corrected chi connectivity index (χ0v) is 11.2. The minimum absolute atomic E-state index is 0.106. The Hall–Kier alpha value is -2.62. The van der Waals surface area contributed by atoms with Gasteiger partial charge in [0.05, 0.1) is 17.3 Å². The second-order valence-corrected chi connectivity index (χ2v) is 4.77. The number of fused-ring (bicyclic) bond motifs is 1. The van der Waals surface area contributed by atoms with Crippen LogP contribution in [0, 0.1) is 0 Å². The summed E-state index contributed by atoms with van der Waals surface area (Å²) in [5.41, 5.74) is 8.44. The molecule has 0 fully saturated rings. The summed E-state index contributed by atoms with van der Waals surface area (Å²) >= 11 is 0. The zero-order valence-electron chi connectivity index (χ0n) is 11.2. The van der Waals surface area contributed by atoms with Gasteiger partial charge >= 0.3 is 0 Å². The van der Waals surface area contributed by atoms with Gasteiger partial charge in [0.2, 0.25) is 0 Å². The van der Waals surface area contributed by atoms with Crippen LogP contribution in [0.25, 0.3) is 10.9 Å². The van der Waals surface area contributed by atoms with E-state index in [1.807, 2.05) is 48.5 Å². The first-order valence-corrected chi connectivity index (χ1v) is 6.56. The molecule has 2 aromatic heterocycles. The number of nitrogens with two attached hydrogens (primary N) is 1. The van der Waals surface area contributed by atoms with Crippen LogP contribution in [0.5, 0.6) is 0 Å². The van der Waals surface area contributed by atoms with E-state index >= 15 is 0 Å². The molecule has 0 aliphatic rings. The van der Waals surface area contributed by atoms with Crippen molar-refractivity contribution >= 4 is 22.4 Å². The van der Waals surface area contributed by atoms with Crippen molar-refractivity contribution in [3.8, 4) is 0 Å².